The zero-order chi connectivity index (χ0) is 19.6. The molecule has 2 aromatic rings. The van der Waals surface area contributed by atoms with Gasteiger partial charge in [0.25, 0.3) is 0 Å². The molecule has 2 aliphatic heterocycles. The molecule has 0 unspecified atom stereocenters. The van der Waals surface area contributed by atoms with E-state index in [4.69, 9.17) is 9.26 Å². The summed E-state index contributed by atoms with van der Waals surface area (Å²) in [6.45, 7) is 7.52. The molecule has 1 spiro atoms. The van der Waals surface area contributed by atoms with Crippen molar-refractivity contribution in [1.82, 2.24) is 15.0 Å². The maximum absolute atomic E-state index is 12.3. The van der Waals surface area contributed by atoms with E-state index >= 15 is 0 Å². The third-order valence-electron chi connectivity index (χ3n) is 6.01. The summed E-state index contributed by atoms with van der Waals surface area (Å²) >= 11 is 0. The highest BCUT2D eigenvalue weighted by molar-refractivity contribution is 5.71. The lowest BCUT2D eigenvalue weighted by Crippen LogP contribution is -2.47. The van der Waals surface area contributed by atoms with Crippen LogP contribution in [0.15, 0.2) is 40.9 Å². The minimum atomic E-state index is -0.313. The summed E-state index contributed by atoms with van der Waals surface area (Å²) in [6.07, 6.45) is 3.69. The Bertz CT molecular complexity index is 796. The van der Waals surface area contributed by atoms with Gasteiger partial charge in [-0.1, -0.05) is 48.8 Å². The second-order valence-corrected chi connectivity index (χ2v) is 8.14. The minimum Gasteiger partial charge on any atom is -0.441 e. The van der Waals surface area contributed by atoms with Gasteiger partial charge in [0.1, 0.15) is 11.3 Å². The molecular weight excluding hydrogens is 354 g/mol. The molecule has 6 nitrogen and oxygen atoms in total. The Morgan fingerprint density at radius 2 is 1.96 bits per heavy atom. The Morgan fingerprint density at radius 3 is 2.68 bits per heavy atom. The fourth-order valence-corrected chi connectivity index (χ4v) is 4.29. The monoisotopic (exact) mass is 383 g/mol. The van der Waals surface area contributed by atoms with E-state index in [1.807, 2.05) is 41.3 Å². The molecule has 2 saturated heterocycles. The lowest BCUT2D eigenvalue weighted by atomic mass is 9.91. The molecule has 4 rings (SSSR count). The number of piperidine rings is 1. The molecule has 1 aromatic carbocycles. The zero-order valence-electron chi connectivity index (χ0n) is 16.8. The first-order valence-corrected chi connectivity index (χ1v) is 10.3. The Kier molecular flexibility index (Phi) is 5.40. The number of carbonyl (C=O) groups excluding carboxylic acids is 1. The second-order valence-electron chi connectivity index (χ2n) is 8.14. The predicted molar refractivity (Wildman–Crippen MR) is 107 cm³/mol. The van der Waals surface area contributed by atoms with Crippen LogP contribution >= 0.6 is 0 Å². The highest BCUT2D eigenvalue weighted by atomic mass is 16.6. The number of benzene rings is 1. The number of aromatic nitrogens is 1. The van der Waals surface area contributed by atoms with Crippen molar-refractivity contribution < 1.29 is 14.1 Å². The molecule has 2 fully saturated rings. The summed E-state index contributed by atoms with van der Waals surface area (Å²) in [5, 5.41) is 4.20. The third kappa shape index (κ3) is 3.92. The predicted octanol–water partition coefficient (Wildman–Crippen LogP) is 4.32. The van der Waals surface area contributed by atoms with Gasteiger partial charge in [0.2, 0.25) is 0 Å². The van der Waals surface area contributed by atoms with Crippen molar-refractivity contribution in [3.05, 3.63) is 42.2 Å². The maximum Gasteiger partial charge on any atom is 0.410 e. The Balaban J connectivity index is 1.33. The molecule has 28 heavy (non-hydrogen) atoms. The molecule has 0 bridgehead atoms. The first kappa shape index (κ1) is 19.0. The summed E-state index contributed by atoms with van der Waals surface area (Å²) in [5.41, 5.74) is 1.62. The summed E-state index contributed by atoms with van der Waals surface area (Å²) in [6, 6.07) is 12.3. The van der Waals surface area contributed by atoms with E-state index in [1.165, 1.54) is 0 Å². The van der Waals surface area contributed by atoms with Crippen LogP contribution in [0.4, 0.5) is 4.79 Å². The fourth-order valence-electron chi connectivity index (χ4n) is 4.29. The van der Waals surface area contributed by atoms with Crippen LogP contribution < -0.4 is 0 Å². The van der Waals surface area contributed by atoms with Gasteiger partial charge in [-0.2, -0.15) is 0 Å². The van der Waals surface area contributed by atoms with Crippen LogP contribution in [0.25, 0.3) is 11.3 Å². The minimum absolute atomic E-state index is 0.142. The van der Waals surface area contributed by atoms with Gasteiger partial charge in [0, 0.05) is 43.6 Å². The quantitative estimate of drug-likeness (QED) is 0.744. The van der Waals surface area contributed by atoms with Crippen molar-refractivity contribution >= 4 is 6.09 Å². The van der Waals surface area contributed by atoms with Gasteiger partial charge in [-0.15, -0.1) is 0 Å². The number of hydrogen-bond donors (Lipinski definition) is 0. The average Bonchev–Trinajstić information content (AvgIpc) is 3.29. The summed E-state index contributed by atoms with van der Waals surface area (Å²) in [5.74, 6) is 0.872. The van der Waals surface area contributed by atoms with Crippen molar-refractivity contribution in [2.75, 3.05) is 19.6 Å². The topological polar surface area (TPSA) is 58.8 Å². The highest BCUT2D eigenvalue weighted by Gasteiger charge is 2.48. The molecule has 3 heterocycles. The zero-order valence-corrected chi connectivity index (χ0v) is 16.8. The molecule has 1 amide bonds. The third-order valence-corrected chi connectivity index (χ3v) is 6.01. The number of nitrogens with zero attached hydrogens (tertiary/aromatic N) is 3. The molecule has 2 aliphatic rings. The average molecular weight is 383 g/mol. The summed E-state index contributed by atoms with van der Waals surface area (Å²) in [7, 11) is 0. The second kappa shape index (κ2) is 7.95. The van der Waals surface area contributed by atoms with Gasteiger partial charge in [0.05, 0.1) is 13.1 Å². The van der Waals surface area contributed by atoms with Crippen LogP contribution in [0.5, 0.6) is 0 Å². The Hall–Kier alpha value is -2.34. The molecule has 1 atom stereocenters. The van der Waals surface area contributed by atoms with E-state index in [1.54, 1.807) is 0 Å². The van der Waals surface area contributed by atoms with E-state index in [0.29, 0.717) is 0 Å². The largest absolute Gasteiger partial charge is 0.441 e. The molecule has 0 N–H and O–H groups in total. The molecular formula is C22H29N3O3. The summed E-state index contributed by atoms with van der Waals surface area (Å²) < 4.78 is 11.4. The van der Waals surface area contributed by atoms with Crippen LogP contribution in [0.3, 0.4) is 0 Å². The van der Waals surface area contributed by atoms with Gasteiger partial charge < -0.3 is 14.2 Å². The lowest BCUT2D eigenvalue weighted by Gasteiger charge is -2.37. The van der Waals surface area contributed by atoms with Crippen LogP contribution in [-0.4, -0.2) is 52.3 Å². The number of carbonyl (C=O) groups is 1. The fraction of sp³-hybridized carbons (Fsp3) is 0.545. The highest BCUT2D eigenvalue weighted by Crippen LogP contribution is 2.35. The summed E-state index contributed by atoms with van der Waals surface area (Å²) in [4.78, 5) is 16.6. The normalized spacial score (nSPS) is 20.5. The van der Waals surface area contributed by atoms with Crippen LogP contribution in [0, 0.1) is 0 Å². The molecule has 0 saturated carbocycles. The van der Waals surface area contributed by atoms with E-state index < -0.39 is 0 Å². The van der Waals surface area contributed by atoms with Crippen molar-refractivity contribution in [3.63, 3.8) is 0 Å². The maximum atomic E-state index is 12.3. The molecule has 6 heteroatoms. The number of amides is 1. The molecule has 0 radical (unpaired) electrons. The number of likely N-dealkylation sites (tertiary alicyclic amines) is 1. The SMILES string of the molecule is CCC[C@@H](C)N1CC2(CCN(Cc3cc(-c4ccccc4)no3)CC2)OC1=O. The van der Waals surface area contributed by atoms with Crippen molar-refractivity contribution in [1.29, 1.82) is 0 Å². The van der Waals surface area contributed by atoms with E-state index in [2.05, 4.69) is 23.9 Å². The number of ether oxygens (including phenoxy) is 1. The van der Waals surface area contributed by atoms with Crippen molar-refractivity contribution in [2.24, 2.45) is 0 Å². The van der Waals surface area contributed by atoms with Crippen LogP contribution in [-0.2, 0) is 11.3 Å². The smallest absolute Gasteiger partial charge is 0.410 e. The van der Waals surface area contributed by atoms with E-state index in [-0.39, 0.29) is 17.7 Å². The van der Waals surface area contributed by atoms with Crippen LogP contribution in [0.2, 0.25) is 0 Å². The van der Waals surface area contributed by atoms with Gasteiger partial charge in [0.15, 0.2) is 5.76 Å². The van der Waals surface area contributed by atoms with Gasteiger partial charge in [-0.3, -0.25) is 4.90 Å². The standard InChI is InChI=1S/C22H29N3O3/c1-3-7-17(2)25-16-22(27-21(25)26)10-12-24(13-11-22)15-19-14-20(23-28-19)18-8-5-4-6-9-18/h4-6,8-9,14,17H,3,7,10-13,15-16H2,1-2H3/t17-/m1/s1. The lowest BCUT2D eigenvalue weighted by molar-refractivity contribution is -0.00304. The molecule has 0 aliphatic carbocycles. The van der Waals surface area contributed by atoms with Crippen LogP contribution in [0.1, 0.15) is 45.3 Å². The van der Waals surface area contributed by atoms with E-state index in [0.717, 1.165) is 68.9 Å². The van der Waals surface area contributed by atoms with Crippen molar-refractivity contribution in [2.45, 2.75) is 57.7 Å². The molecule has 150 valence electrons. The van der Waals surface area contributed by atoms with Crippen molar-refractivity contribution in [3.8, 4) is 11.3 Å². The van der Waals surface area contributed by atoms with Gasteiger partial charge in [-0.25, -0.2) is 4.79 Å². The first-order chi connectivity index (χ1) is 13.6. The Morgan fingerprint density at radius 1 is 1.21 bits per heavy atom. The van der Waals surface area contributed by atoms with E-state index in [9.17, 15) is 4.79 Å². The van der Waals surface area contributed by atoms with Gasteiger partial charge in [-0.05, 0) is 13.3 Å². The number of hydrogen-bond acceptors (Lipinski definition) is 5. The Labute approximate surface area is 166 Å². The number of rotatable bonds is 6. The van der Waals surface area contributed by atoms with Gasteiger partial charge >= 0.3 is 6.09 Å². The molecule has 1 aromatic heterocycles. The first-order valence-electron chi connectivity index (χ1n) is 10.3.